The smallest absolute Gasteiger partial charge is 0.212 e. The van der Waals surface area contributed by atoms with Crippen molar-refractivity contribution in [2.45, 2.75) is 18.8 Å². The number of ether oxygens (including phenoxy) is 2. The van der Waals surface area contributed by atoms with Crippen LogP contribution in [-0.2, 0) is 13.6 Å². The second kappa shape index (κ2) is 6.33. The topological polar surface area (TPSA) is 72.6 Å². The lowest BCUT2D eigenvalue weighted by Gasteiger charge is -2.16. The summed E-state index contributed by atoms with van der Waals surface area (Å²) in [5, 5.41) is 14.2. The van der Waals surface area contributed by atoms with Crippen LogP contribution in [0.5, 0.6) is 11.6 Å². The van der Waals surface area contributed by atoms with E-state index >= 15 is 0 Å². The van der Waals surface area contributed by atoms with Crippen LogP contribution in [0.4, 0.5) is 0 Å². The largest absolute Gasteiger partial charge is 0.483 e. The van der Waals surface area contributed by atoms with Crippen molar-refractivity contribution in [3.05, 3.63) is 36.3 Å². The van der Waals surface area contributed by atoms with E-state index in [9.17, 15) is 5.11 Å². The molecule has 1 saturated heterocycles. The van der Waals surface area contributed by atoms with E-state index in [-0.39, 0.29) is 6.10 Å². The van der Waals surface area contributed by atoms with Gasteiger partial charge in [0.25, 0.3) is 0 Å². The molecule has 0 unspecified atom stereocenters. The lowest BCUT2D eigenvalue weighted by molar-refractivity contribution is 0.0736. The molecule has 0 amide bonds. The van der Waals surface area contributed by atoms with Crippen molar-refractivity contribution in [3.8, 4) is 11.6 Å². The summed E-state index contributed by atoms with van der Waals surface area (Å²) in [5.41, 5.74) is 1.08. The molecule has 2 aromatic rings. The molecule has 0 saturated carbocycles. The average molecular weight is 304 g/mol. The van der Waals surface area contributed by atoms with E-state index in [0.29, 0.717) is 24.7 Å². The number of likely N-dealkylation sites (tertiary alicyclic amines) is 1. The molecule has 7 nitrogen and oxygen atoms in total. The quantitative estimate of drug-likeness (QED) is 0.864. The van der Waals surface area contributed by atoms with Gasteiger partial charge in [0.05, 0.1) is 19.5 Å². The maximum atomic E-state index is 10.2. The van der Waals surface area contributed by atoms with Crippen LogP contribution in [0.15, 0.2) is 30.7 Å². The van der Waals surface area contributed by atoms with Crippen LogP contribution >= 0.6 is 0 Å². The number of pyridine rings is 1. The van der Waals surface area contributed by atoms with Crippen molar-refractivity contribution in [1.82, 2.24) is 19.7 Å². The Balaban J connectivity index is 1.57. The number of methoxy groups -OCH3 is 1. The average Bonchev–Trinajstić information content (AvgIpc) is 3.06. The maximum absolute atomic E-state index is 10.2. The van der Waals surface area contributed by atoms with Crippen LogP contribution in [0, 0.1) is 0 Å². The van der Waals surface area contributed by atoms with Crippen molar-refractivity contribution in [1.29, 1.82) is 0 Å². The second-order valence-corrected chi connectivity index (χ2v) is 5.48. The van der Waals surface area contributed by atoms with E-state index in [1.807, 2.05) is 19.2 Å². The van der Waals surface area contributed by atoms with E-state index in [4.69, 9.17) is 9.47 Å². The first-order valence-corrected chi connectivity index (χ1v) is 7.18. The van der Waals surface area contributed by atoms with Crippen LogP contribution in [0.3, 0.4) is 0 Å². The van der Waals surface area contributed by atoms with Crippen molar-refractivity contribution in [2.75, 3.05) is 20.2 Å². The van der Waals surface area contributed by atoms with Gasteiger partial charge in [0.15, 0.2) is 5.75 Å². The Morgan fingerprint density at radius 1 is 1.32 bits per heavy atom. The van der Waals surface area contributed by atoms with Gasteiger partial charge in [0, 0.05) is 38.9 Å². The van der Waals surface area contributed by atoms with Gasteiger partial charge >= 0.3 is 0 Å². The Morgan fingerprint density at radius 2 is 2.18 bits per heavy atom. The van der Waals surface area contributed by atoms with E-state index < -0.39 is 6.10 Å². The summed E-state index contributed by atoms with van der Waals surface area (Å²) >= 11 is 0. The van der Waals surface area contributed by atoms with Gasteiger partial charge in [-0.2, -0.15) is 5.10 Å². The third kappa shape index (κ3) is 3.37. The van der Waals surface area contributed by atoms with Crippen LogP contribution in [0.25, 0.3) is 0 Å². The number of hydrogen-bond acceptors (Lipinski definition) is 6. The molecule has 2 aromatic heterocycles. The number of β-amino-alcohol motifs (C(OH)–C–C–N with tert-alkyl or cyclic N) is 1. The van der Waals surface area contributed by atoms with Crippen LogP contribution in [0.2, 0.25) is 0 Å². The Bertz CT molecular complexity index is 614. The second-order valence-electron chi connectivity index (χ2n) is 5.48. The third-order valence-corrected chi connectivity index (χ3v) is 3.69. The van der Waals surface area contributed by atoms with E-state index in [0.717, 1.165) is 12.1 Å². The highest BCUT2D eigenvalue weighted by Gasteiger charge is 2.33. The highest BCUT2D eigenvalue weighted by Crippen LogP contribution is 2.20. The zero-order chi connectivity index (χ0) is 15.5. The fraction of sp³-hybridized carbons (Fsp3) is 0.467. The summed E-state index contributed by atoms with van der Waals surface area (Å²) in [5.74, 6) is 1.28. The standard InChI is InChI=1S/C15H20N4O3/c1-18-8-12(6-17-18)22-14-10-19(9-13(14)20)7-11-3-4-15(21-2)16-5-11/h3-6,8,13-14,20H,7,9-10H2,1-2H3/t13-,14-/m1/s1. The van der Waals surface area contributed by atoms with Crippen LogP contribution < -0.4 is 9.47 Å². The first-order valence-electron chi connectivity index (χ1n) is 7.18. The first kappa shape index (κ1) is 14.8. The predicted octanol–water partition coefficient (Wildman–Crippen LogP) is 0.448. The maximum Gasteiger partial charge on any atom is 0.212 e. The molecule has 0 radical (unpaired) electrons. The Labute approximate surface area is 129 Å². The monoisotopic (exact) mass is 304 g/mol. The minimum absolute atomic E-state index is 0.240. The highest BCUT2D eigenvalue weighted by molar-refractivity contribution is 5.18. The Hall–Kier alpha value is -2.12. The predicted molar refractivity (Wildman–Crippen MR) is 79.7 cm³/mol. The number of aliphatic hydroxyl groups excluding tert-OH is 1. The lowest BCUT2D eigenvalue weighted by atomic mass is 10.2. The molecule has 1 aliphatic heterocycles. The SMILES string of the molecule is COc1ccc(CN2C[C@@H](O)[C@H](Oc3cnn(C)c3)C2)cn1. The van der Waals surface area contributed by atoms with E-state index in [1.165, 1.54) is 0 Å². The Kier molecular flexibility index (Phi) is 4.26. The van der Waals surface area contributed by atoms with Gasteiger partial charge < -0.3 is 14.6 Å². The molecule has 2 atom stereocenters. The summed E-state index contributed by atoms with van der Waals surface area (Å²) in [4.78, 5) is 6.34. The van der Waals surface area contributed by atoms with Gasteiger partial charge in [-0.05, 0) is 5.56 Å². The summed E-state index contributed by atoms with van der Waals surface area (Å²) in [6.45, 7) is 1.97. The van der Waals surface area contributed by atoms with Gasteiger partial charge in [-0.1, -0.05) is 6.07 Å². The molecule has 22 heavy (non-hydrogen) atoms. The number of nitrogens with zero attached hydrogens (tertiary/aromatic N) is 4. The third-order valence-electron chi connectivity index (χ3n) is 3.69. The molecule has 0 aliphatic carbocycles. The minimum Gasteiger partial charge on any atom is -0.483 e. The molecule has 118 valence electrons. The summed E-state index contributed by atoms with van der Waals surface area (Å²) in [6, 6.07) is 3.82. The van der Waals surface area contributed by atoms with E-state index in [1.54, 1.807) is 30.4 Å². The number of hydrogen-bond donors (Lipinski definition) is 1. The molecule has 3 heterocycles. The molecule has 7 heteroatoms. The molecular weight excluding hydrogens is 284 g/mol. The van der Waals surface area contributed by atoms with Gasteiger partial charge in [-0.15, -0.1) is 0 Å². The van der Waals surface area contributed by atoms with Crippen molar-refractivity contribution in [3.63, 3.8) is 0 Å². The van der Waals surface area contributed by atoms with Crippen molar-refractivity contribution >= 4 is 0 Å². The minimum atomic E-state index is -0.508. The lowest BCUT2D eigenvalue weighted by Crippen LogP contribution is -2.29. The normalized spacial score (nSPS) is 22.0. The number of aromatic nitrogens is 3. The molecule has 1 fully saturated rings. The molecule has 0 aromatic carbocycles. The number of rotatable bonds is 5. The van der Waals surface area contributed by atoms with Gasteiger partial charge in [0.1, 0.15) is 12.2 Å². The zero-order valence-corrected chi connectivity index (χ0v) is 12.7. The molecule has 1 aliphatic rings. The summed E-state index contributed by atoms with van der Waals surface area (Å²) in [7, 11) is 3.43. The molecule has 0 spiro atoms. The van der Waals surface area contributed by atoms with Crippen molar-refractivity contribution in [2.24, 2.45) is 7.05 Å². The fourth-order valence-electron chi connectivity index (χ4n) is 2.60. The summed E-state index contributed by atoms with van der Waals surface area (Å²) < 4.78 is 12.5. The Morgan fingerprint density at radius 3 is 2.82 bits per heavy atom. The van der Waals surface area contributed by atoms with Gasteiger partial charge in [0.2, 0.25) is 5.88 Å². The molecule has 1 N–H and O–H groups in total. The molecule has 0 bridgehead atoms. The van der Waals surface area contributed by atoms with Crippen LogP contribution in [0.1, 0.15) is 5.56 Å². The molecular formula is C15H20N4O3. The zero-order valence-electron chi connectivity index (χ0n) is 12.7. The van der Waals surface area contributed by atoms with Crippen molar-refractivity contribution < 1.29 is 14.6 Å². The van der Waals surface area contributed by atoms with Gasteiger partial charge in [-0.3, -0.25) is 9.58 Å². The van der Waals surface area contributed by atoms with Crippen LogP contribution in [-0.4, -0.2) is 57.2 Å². The van der Waals surface area contributed by atoms with E-state index in [2.05, 4.69) is 15.0 Å². The highest BCUT2D eigenvalue weighted by atomic mass is 16.5. The summed E-state index contributed by atoms with van der Waals surface area (Å²) in [6.07, 6.45) is 4.49. The van der Waals surface area contributed by atoms with Gasteiger partial charge in [-0.25, -0.2) is 4.98 Å². The first-order chi connectivity index (χ1) is 10.6. The molecule has 3 rings (SSSR count). The number of aryl methyl sites for hydroxylation is 1. The number of aliphatic hydroxyl groups is 1. The fourth-order valence-corrected chi connectivity index (χ4v) is 2.60.